The molecular weight excluding hydrogens is 106 g/mol. The van der Waals surface area contributed by atoms with E-state index < -0.39 is 0 Å². The number of hydrogen-bond donors (Lipinski definition) is 1. The second-order valence-corrected chi connectivity index (χ2v) is 1.13. The van der Waals surface area contributed by atoms with Crippen LogP contribution in [0, 0.1) is 0 Å². The van der Waals surface area contributed by atoms with Gasteiger partial charge in [-0.15, -0.1) is 0 Å². The summed E-state index contributed by atoms with van der Waals surface area (Å²) < 4.78 is 0. The lowest BCUT2D eigenvalue weighted by atomic mass is 10.5. The van der Waals surface area contributed by atoms with Crippen molar-refractivity contribution < 1.29 is 9.59 Å². The molecule has 0 aliphatic rings. The highest BCUT2D eigenvalue weighted by Crippen LogP contribution is 1.66. The van der Waals surface area contributed by atoms with Gasteiger partial charge in [-0.25, -0.2) is 0 Å². The molecule has 0 unspecified atom stereocenters. The molecule has 3 heteroatoms. The molecule has 0 bridgehead atoms. The zero-order valence-corrected chi connectivity index (χ0v) is 4.55. The maximum atomic E-state index is 10.2. The minimum Gasteiger partial charge on any atom is -0.295 e. The average Bonchev–Trinajstić information content (AvgIpc) is 1.68. The van der Waals surface area contributed by atoms with Crippen LogP contribution in [0.3, 0.4) is 0 Å². The molecular formula is C5H7NO2. The van der Waals surface area contributed by atoms with Crippen LogP contribution in [0.4, 0.5) is 0 Å². The first-order valence-corrected chi connectivity index (χ1v) is 2.18. The number of rotatable bonds is 2. The van der Waals surface area contributed by atoms with Crippen LogP contribution in [-0.4, -0.2) is 12.3 Å². The molecule has 0 saturated carbocycles. The Balaban J connectivity index is 3.48. The Morgan fingerprint density at radius 1 is 1.62 bits per heavy atom. The van der Waals surface area contributed by atoms with Crippen molar-refractivity contribution in [2.24, 2.45) is 0 Å². The molecule has 0 aliphatic heterocycles. The first kappa shape index (κ1) is 6.88. The molecule has 1 N–H and O–H groups in total. The standard InChI is InChI=1S/C5H7NO2/c1-2-3-5(8)6-4-7/h2-4H,1H3,(H,6,7,8)/b3-2+. The molecule has 0 aromatic carbocycles. The van der Waals surface area contributed by atoms with Gasteiger partial charge in [-0.2, -0.15) is 0 Å². The van der Waals surface area contributed by atoms with Crippen molar-refractivity contribution >= 4 is 12.3 Å². The molecule has 0 aromatic heterocycles. The van der Waals surface area contributed by atoms with E-state index in [1.54, 1.807) is 13.0 Å². The Hall–Kier alpha value is -1.12. The minimum atomic E-state index is -0.387. The van der Waals surface area contributed by atoms with Crippen molar-refractivity contribution in [3.05, 3.63) is 12.2 Å². The highest BCUT2D eigenvalue weighted by atomic mass is 16.2. The van der Waals surface area contributed by atoms with Crippen LogP contribution in [0.25, 0.3) is 0 Å². The van der Waals surface area contributed by atoms with E-state index in [2.05, 4.69) is 0 Å². The Morgan fingerprint density at radius 2 is 2.25 bits per heavy atom. The molecule has 0 radical (unpaired) electrons. The SMILES string of the molecule is C/C=C/C(=O)NC=O. The third-order valence-electron chi connectivity index (χ3n) is 0.519. The summed E-state index contributed by atoms with van der Waals surface area (Å²) in [4.78, 5) is 19.7. The fourth-order valence-electron chi connectivity index (χ4n) is 0.258. The van der Waals surface area contributed by atoms with Crippen molar-refractivity contribution in [2.45, 2.75) is 6.92 Å². The fraction of sp³-hybridized carbons (Fsp3) is 0.200. The predicted octanol–water partition coefficient (Wildman–Crippen LogP) is -0.165. The van der Waals surface area contributed by atoms with Crippen LogP contribution in [0.2, 0.25) is 0 Å². The lowest BCUT2D eigenvalue weighted by Crippen LogP contribution is -2.17. The Labute approximate surface area is 47.4 Å². The highest BCUT2D eigenvalue weighted by Gasteiger charge is 1.85. The van der Waals surface area contributed by atoms with Gasteiger partial charge in [0.1, 0.15) is 0 Å². The summed E-state index contributed by atoms with van der Waals surface area (Å²) in [5.74, 6) is -0.387. The zero-order valence-electron chi connectivity index (χ0n) is 4.55. The van der Waals surface area contributed by atoms with E-state index in [9.17, 15) is 9.59 Å². The molecule has 0 aromatic rings. The number of nitrogens with one attached hydrogen (secondary N) is 1. The molecule has 44 valence electrons. The van der Waals surface area contributed by atoms with Crippen LogP contribution in [0.15, 0.2) is 12.2 Å². The quantitative estimate of drug-likeness (QED) is 0.399. The van der Waals surface area contributed by atoms with Gasteiger partial charge in [-0.05, 0) is 13.0 Å². The predicted molar refractivity (Wildman–Crippen MR) is 29.0 cm³/mol. The number of imide groups is 1. The van der Waals surface area contributed by atoms with Gasteiger partial charge in [0.25, 0.3) is 0 Å². The number of allylic oxidation sites excluding steroid dienone is 1. The second-order valence-electron chi connectivity index (χ2n) is 1.13. The van der Waals surface area contributed by atoms with Crippen molar-refractivity contribution in [1.82, 2.24) is 5.32 Å². The third-order valence-corrected chi connectivity index (χ3v) is 0.519. The number of hydrogen-bond acceptors (Lipinski definition) is 2. The summed E-state index contributed by atoms with van der Waals surface area (Å²) in [6, 6.07) is 0. The summed E-state index contributed by atoms with van der Waals surface area (Å²) in [7, 11) is 0. The van der Waals surface area contributed by atoms with Crippen molar-refractivity contribution in [3.63, 3.8) is 0 Å². The summed E-state index contributed by atoms with van der Waals surface area (Å²) in [6.07, 6.45) is 3.18. The third kappa shape index (κ3) is 3.08. The van der Waals surface area contributed by atoms with E-state index in [4.69, 9.17) is 0 Å². The molecule has 0 heterocycles. The molecule has 3 nitrogen and oxygen atoms in total. The second kappa shape index (κ2) is 4.05. The summed E-state index contributed by atoms with van der Waals surface area (Å²) >= 11 is 0. The minimum absolute atomic E-state index is 0.350. The fourth-order valence-corrected chi connectivity index (χ4v) is 0.258. The lowest BCUT2D eigenvalue weighted by Gasteiger charge is -1.83. The number of amides is 2. The molecule has 0 spiro atoms. The maximum absolute atomic E-state index is 10.2. The van der Waals surface area contributed by atoms with Crippen molar-refractivity contribution in [3.8, 4) is 0 Å². The van der Waals surface area contributed by atoms with Gasteiger partial charge < -0.3 is 0 Å². The van der Waals surface area contributed by atoms with E-state index in [1.165, 1.54) is 6.08 Å². The van der Waals surface area contributed by atoms with Gasteiger partial charge in [0, 0.05) is 0 Å². The van der Waals surface area contributed by atoms with Crippen molar-refractivity contribution in [2.75, 3.05) is 0 Å². The summed E-state index contributed by atoms with van der Waals surface area (Å²) in [6.45, 7) is 1.70. The first-order chi connectivity index (χ1) is 3.81. The van der Waals surface area contributed by atoms with Gasteiger partial charge in [0.2, 0.25) is 12.3 Å². The van der Waals surface area contributed by atoms with Crippen LogP contribution >= 0.6 is 0 Å². The smallest absolute Gasteiger partial charge is 0.249 e. The largest absolute Gasteiger partial charge is 0.295 e. The molecule has 0 fully saturated rings. The Kier molecular flexibility index (Phi) is 3.48. The van der Waals surface area contributed by atoms with Crippen molar-refractivity contribution in [1.29, 1.82) is 0 Å². The van der Waals surface area contributed by atoms with E-state index in [0.717, 1.165) is 0 Å². The number of carbonyl (C=O) groups is 2. The summed E-state index contributed by atoms with van der Waals surface area (Å²) in [5.41, 5.74) is 0. The van der Waals surface area contributed by atoms with E-state index in [1.807, 2.05) is 5.32 Å². The van der Waals surface area contributed by atoms with Gasteiger partial charge in [-0.1, -0.05) is 6.08 Å². The Morgan fingerprint density at radius 3 is 2.62 bits per heavy atom. The molecule has 2 amide bonds. The van der Waals surface area contributed by atoms with Crippen LogP contribution in [0.1, 0.15) is 6.92 Å². The molecule has 0 rings (SSSR count). The van der Waals surface area contributed by atoms with Gasteiger partial charge >= 0.3 is 0 Å². The number of carbonyl (C=O) groups excluding carboxylic acids is 2. The zero-order chi connectivity index (χ0) is 6.41. The van der Waals surface area contributed by atoms with Gasteiger partial charge in [0.05, 0.1) is 0 Å². The first-order valence-electron chi connectivity index (χ1n) is 2.18. The van der Waals surface area contributed by atoms with E-state index >= 15 is 0 Å². The van der Waals surface area contributed by atoms with Crippen LogP contribution < -0.4 is 5.32 Å². The highest BCUT2D eigenvalue weighted by molar-refractivity contribution is 5.94. The molecule has 8 heavy (non-hydrogen) atoms. The van der Waals surface area contributed by atoms with E-state index in [-0.39, 0.29) is 5.91 Å². The normalized spacial score (nSPS) is 9.12. The molecule has 0 atom stereocenters. The van der Waals surface area contributed by atoms with Crippen LogP contribution in [0.5, 0.6) is 0 Å². The van der Waals surface area contributed by atoms with Gasteiger partial charge in [0.15, 0.2) is 0 Å². The average molecular weight is 113 g/mol. The van der Waals surface area contributed by atoms with E-state index in [0.29, 0.717) is 6.41 Å². The molecule has 0 aliphatic carbocycles. The maximum Gasteiger partial charge on any atom is 0.249 e. The molecule has 0 saturated heterocycles. The monoisotopic (exact) mass is 113 g/mol. The van der Waals surface area contributed by atoms with Crippen LogP contribution in [-0.2, 0) is 9.59 Å². The lowest BCUT2D eigenvalue weighted by molar-refractivity contribution is -0.121. The Bertz CT molecular complexity index is 118. The topological polar surface area (TPSA) is 46.2 Å². The summed E-state index contributed by atoms with van der Waals surface area (Å²) in [5, 5.41) is 1.94. The van der Waals surface area contributed by atoms with Gasteiger partial charge in [-0.3, -0.25) is 14.9 Å².